The van der Waals surface area contributed by atoms with E-state index in [2.05, 4.69) is 32.0 Å². The Hall–Kier alpha value is -1.35. The second-order valence-electron chi connectivity index (χ2n) is 12.4. The average Bonchev–Trinajstić information content (AvgIpc) is 3.15. The van der Waals surface area contributed by atoms with Crippen molar-refractivity contribution >= 4 is 5.91 Å². The Morgan fingerprint density at radius 2 is 1.91 bits per heavy atom. The first-order chi connectivity index (χ1) is 16.1. The zero-order valence-electron chi connectivity index (χ0n) is 21.2. The van der Waals surface area contributed by atoms with E-state index in [9.17, 15) is 20.1 Å². The number of terminal acetylenes is 1. The van der Waals surface area contributed by atoms with Crippen LogP contribution in [-0.2, 0) is 4.79 Å². The first kappa shape index (κ1) is 25.7. The summed E-state index contributed by atoms with van der Waals surface area (Å²) in [6.07, 6.45) is 15.9. The molecule has 4 saturated carbocycles. The van der Waals surface area contributed by atoms with E-state index in [-0.39, 0.29) is 47.5 Å². The molecule has 190 valence electrons. The molecule has 0 radical (unpaired) electrons. The highest BCUT2D eigenvalue weighted by Crippen LogP contribution is 2.68. The highest BCUT2D eigenvalue weighted by molar-refractivity contribution is 5.87. The van der Waals surface area contributed by atoms with Crippen LogP contribution in [-0.4, -0.2) is 46.1 Å². The molecule has 11 atom stereocenters. The van der Waals surface area contributed by atoms with Crippen molar-refractivity contribution in [1.82, 2.24) is 5.32 Å². The fourth-order valence-corrected chi connectivity index (χ4v) is 9.08. The maximum absolute atomic E-state index is 11.7. The fourth-order valence-electron chi connectivity index (χ4n) is 9.08. The summed E-state index contributed by atoms with van der Waals surface area (Å²) < 4.78 is 0. The van der Waals surface area contributed by atoms with Gasteiger partial charge in [0.1, 0.15) is 0 Å². The molecule has 5 heteroatoms. The van der Waals surface area contributed by atoms with E-state index in [0.717, 1.165) is 57.8 Å². The molecule has 34 heavy (non-hydrogen) atoms. The Morgan fingerprint density at radius 3 is 2.65 bits per heavy atom. The van der Waals surface area contributed by atoms with Gasteiger partial charge in [-0.05, 0) is 110 Å². The molecule has 0 saturated heterocycles. The summed E-state index contributed by atoms with van der Waals surface area (Å²) in [5.74, 6) is 4.39. The Bertz CT molecular complexity index is 819. The number of aliphatic hydroxyl groups is 3. The van der Waals surface area contributed by atoms with Crippen molar-refractivity contribution in [2.24, 2.45) is 46.3 Å². The van der Waals surface area contributed by atoms with Crippen LogP contribution in [0, 0.1) is 58.7 Å². The van der Waals surface area contributed by atoms with Crippen LogP contribution in [0.1, 0.15) is 78.6 Å². The molecule has 0 bridgehead atoms. The van der Waals surface area contributed by atoms with E-state index >= 15 is 0 Å². The Labute approximate surface area is 205 Å². The van der Waals surface area contributed by atoms with Gasteiger partial charge in [0.2, 0.25) is 5.91 Å². The van der Waals surface area contributed by atoms with Gasteiger partial charge in [0.15, 0.2) is 0 Å². The Kier molecular flexibility index (Phi) is 7.54. The molecule has 4 rings (SSSR count). The van der Waals surface area contributed by atoms with Crippen molar-refractivity contribution in [3.63, 3.8) is 0 Å². The van der Waals surface area contributed by atoms with Crippen LogP contribution in [0.4, 0.5) is 0 Å². The standard InChI is InChI=1S/C29H45NO4/c1-5-14-30-26(34)9-7-6-8-18(2)21-10-11-22-27-23(17-25(33)29(21,22)4)28(3)13-12-20(31)15-19(28)16-24(27)32/h1,7,9,18-25,27,31-33H,6,8,10-17H2,2-4H3,(H,30,34)/b9-7+/t18-,19+,20-,21-,22+,23+,24-,25+,27+,28+,29-/m1/s1. The minimum absolute atomic E-state index is 0.111. The lowest BCUT2D eigenvalue weighted by molar-refractivity contribution is -0.207. The highest BCUT2D eigenvalue weighted by Gasteiger charge is 2.65. The zero-order valence-corrected chi connectivity index (χ0v) is 21.2. The van der Waals surface area contributed by atoms with Gasteiger partial charge in [-0.3, -0.25) is 4.79 Å². The van der Waals surface area contributed by atoms with Gasteiger partial charge in [0.25, 0.3) is 0 Å². The summed E-state index contributed by atoms with van der Waals surface area (Å²) in [6, 6.07) is 0. The van der Waals surface area contributed by atoms with Gasteiger partial charge in [0, 0.05) is 0 Å². The molecule has 0 aromatic heterocycles. The average molecular weight is 472 g/mol. The summed E-state index contributed by atoms with van der Waals surface area (Å²) >= 11 is 0. The minimum Gasteiger partial charge on any atom is -0.393 e. The summed E-state index contributed by atoms with van der Waals surface area (Å²) in [6.45, 7) is 7.21. The molecule has 0 unspecified atom stereocenters. The molecule has 4 N–H and O–H groups in total. The molecular weight excluding hydrogens is 426 g/mol. The van der Waals surface area contributed by atoms with Crippen molar-refractivity contribution in [1.29, 1.82) is 0 Å². The van der Waals surface area contributed by atoms with E-state index in [0.29, 0.717) is 29.6 Å². The second-order valence-corrected chi connectivity index (χ2v) is 12.4. The number of carbonyl (C=O) groups is 1. The van der Waals surface area contributed by atoms with Gasteiger partial charge in [-0.25, -0.2) is 0 Å². The topological polar surface area (TPSA) is 89.8 Å². The largest absolute Gasteiger partial charge is 0.393 e. The van der Waals surface area contributed by atoms with E-state index < -0.39 is 0 Å². The number of fused-ring (bicyclic) bond motifs is 5. The van der Waals surface area contributed by atoms with Gasteiger partial charge in [-0.2, -0.15) is 0 Å². The summed E-state index contributed by atoms with van der Waals surface area (Å²) in [5, 5.41) is 36.0. The van der Waals surface area contributed by atoms with Gasteiger partial charge in [-0.1, -0.05) is 32.8 Å². The normalized spacial score (nSPS) is 46.7. The minimum atomic E-state index is -0.353. The molecule has 0 spiro atoms. The molecule has 0 aromatic rings. The number of carbonyl (C=O) groups excluding carboxylic acids is 1. The van der Waals surface area contributed by atoms with E-state index in [1.165, 1.54) is 0 Å². The third-order valence-corrected chi connectivity index (χ3v) is 10.9. The van der Waals surface area contributed by atoms with E-state index in [1.807, 2.05) is 6.08 Å². The van der Waals surface area contributed by atoms with Gasteiger partial charge in [-0.15, -0.1) is 6.42 Å². The molecule has 0 aromatic carbocycles. The van der Waals surface area contributed by atoms with Crippen molar-refractivity contribution in [3.05, 3.63) is 12.2 Å². The van der Waals surface area contributed by atoms with Crippen molar-refractivity contribution in [2.45, 2.75) is 96.9 Å². The second kappa shape index (κ2) is 9.96. The Balaban J connectivity index is 1.45. The first-order valence-corrected chi connectivity index (χ1v) is 13.5. The number of hydrogen-bond acceptors (Lipinski definition) is 4. The third-order valence-electron chi connectivity index (χ3n) is 10.9. The molecule has 0 heterocycles. The lowest BCUT2D eigenvalue weighted by atomic mass is 9.43. The zero-order chi connectivity index (χ0) is 24.7. The smallest absolute Gasteiger partial charge is 0.244 e. The van der Waals surface area contributed by atoms with Crippen LogP contribution in [0.5, 0.6) is 0 Å². The molecule has 5 nitrogen and oxygen atoms in total. The van der Waals surface area contributed by atoms with Crippen LogP contribution in [0.15, 0.2) is 12.2 Å². The number of nitrogens with one attached hydrogen (secondary N) is 1. The van der Waals surface area contributed by atoms with Gasteiger partial charge < -0.3 is 20.6 Å². The number of hydrogen-bond donors (Lipinski definition) is 4. The lowest BCUT2D eigenvalue weighted by Gasteiger charge is -2.63. The maximum Gasteiger partial charge on any atom is 0.244 e. The SMILES string of the molecule is C#CCNC(=O)/C=C/CC[C@@H](C)[C@H]1CC[C@H]2[C@@H]3[C@H](O)C[C@@H]4C[C@H](O)CC[C@]4(C)[C@H]3C[C@H](O)[C@]12C. The lowest BCUT2D eigenvalue weighted by Crippen LogP contribution is -2.62. The number of rotatable bonds is 6. The van der Waals surface area contributed by atoms with Crippen molar-refractivity contribution in [3.8, 4) is 12.3 Å². The predicted molar refractivity (Wildman–Crippen MR) is 133 cm³/mol. The van der Waals surface area contributed by atoms with Crippen LogP contribution >= 0.6 is 0 Å². The quantitative estimate of drug-likeness (QED) is 0.351. The van der Waals surface area contributed by atoms with E-state index in [4.69, 9.17) is 6.42 Å². The van der Waals surface area contributed by atoms with Gasteiger partial charge in [0.05, 0.1) is 24.9 Å². The molecule has 4 fully saturated rings. The fraction of sp³-hybridized carbons (Fsp3) is 0.828. The Morgan fingerprint density at radius 1 is 1.15 bits per heavy atom. The van der Waals surface area contributed by atoms with Crippen LogP contribution < -0.4 is 5.32 Å². The molecule has 4 aliphatic carbocycles. The van der Waals surface area contributed by atoms with Crippen LogP contribution in [0.2, 0.25) is 0 Å². The maximum atomic E-state index is 11.7. The van der Waals surface area contributed by atoms with Crippen LogP contribution in [0.25, 0.3) is 0 Å². The third kappa shape index (κ3) is 4.36. The first-order valence-electron chi connectivity index (χ1n) is 13.5. The van der Waals surface area contributed by atoms with Crippen LogP contribution in [0.3, 0.4) is 0 Å². The number of aliphatic hydroxyl groups excluding tert-OH is 3. The van der Waals surface area contributed by atoms with Gasteiger partial charge >= 0.3 is 0 Å². The molecular formula is C29H45NO4. The number of allylic oxidation sites excluding steroid dienone is 1. The molecule has 0 aliphatic heterocycles. The molecule has 1 amide bonds. The monoisotopic (exact) mass is 471 g/mol. The summed E-state index contributed by atoms with van der Waals surface area (Å²) in [4.78, 5) is 11.7. The van der Waals surface area contributed by atoms with Crippen molar-refractivity contribution in [2.75, 3.05) is 6.54 Å². The van der Waals surface area contributed by atoms with E-state index in [1.54, 1.807) is 6.08 Å². The summed E-state index contributed by atoms with van der Waals surface area (Å²) in [5.41, 5.74) is -0.0627. The summed E-state index contributed by atoms with van der Waals surface area (Å²) in [7, 11) is 0. The predicted octanol–water partition coefficient (Wildman–Crippen LogP) is 3.67. The highest BCUT2D eigenvalue weighted by atomic mass is 16.3. The number of amides is 1. The van der Waals surface area contributed by atoms with Crippen molar-refractivity contribution < 1.29 is 20.1 Å². The molecule has 4 aliphatic rings.